The summed E-state index contributed by atoms with van der Waals surface area (Å²) < 4.78 is 11.0. The highest BCUT2D eigenvalue weighted by Gasteiger charge is 2.18. The molecule has 6 nitrogen and oxygen atoms in total. The monoisotopic (exact) mass is 388 g/mol. The minimum Gasteiger partial charge on any atom is -0.486 e. The van der Waals surface area contributed by atoms with Crippen LogP contribution in [-0.4, -0.2) is 43.0 Å². The van der Waals surface area contributed by atoms with Crippen molar-refractivity contribution < 1.29 is 19.1 Å². The van der Waals surface area contributed by atoms with Gasteiger partial charge >= 0.3 is 0 Å². The molecule has 0 bridgehead atoms. The number of benzene rings is 2. The quantitative estimate of drug-likeness (QED) is 0.844. The highest BCUT2D eigenvalue weighted by Crippen LogP contribution is 2.31. The molecule has 1 aliphatic rings. The third-order valence-electron chi connectivity index (χ3n) is 4.31. The smallest absolute Gasteiger partial charge is 0.255 e. The molecule has 1 N–H and O–H groups in total. The summed E-state index contributed by atoms with van der Waals surface area (Å²) in [5.41, 5.74) is 1.37. The molecule has 142 valence electrons. The maximum atomic E-state index is 12.5. The standard InChI is InChI=1S/C20H21ClN2O4/c1-3-23(4-2)20(25)15-7-6-14(12-16(15)21)22-19(24)13-5-8-17-18(11-13)27-10-9-26-17/h5-8,11-12H,3-4,9-10H2,1-2H3,(H,22,24). The van der Waals surface area contributed by atoms with Crippen molar-refractivity contribution in [2.75, 3.05) is 31.6 Å². The van der Waals surface area contributed by atoms with Gasteiger partial charge in [-0.2, -0.15) is 0 Å². The van der Waals surface area contributed by atoms with Crippen LogP contribution in [0.2, 0.25) is 5.02 Å². The Kier molecular flexibility index (Phi) is 5.86. The number of fused-ring (bicyclic) bond motifs is 1. The summed E-state index contributed by atoms with van der Waals surface area (Å²) in [6, 6.07) is 9.89. The van der Waals surface area contributed by atoms with Gasteiger partial charge in [0, 0.05) is 24.3 Å². The van der Waals surface area contributed by atoms with E-state index < -0.39 is 0 Å². The van der Waals surface area contributed by atoms with Crippen LogP contribution in [0.1, 0.15) is 34.6 Å². The van der Waals surface area contributed by atoms with E-state index in [2.05, 4.69) is 5.32 Å². The lowest BCUT2D eigenvalue weighted by atomic mass is 10.1. The predicted octanol–water partition coefficient (Wildman–Crippen LogP) is 3.85. The number of nitrogens with one attached hydrogen (secondary N) is 1. The lowest BCUT2D eigenvalue weighted by Gasteiger charge is -2.20. The summed E-state index contributed by atoms with van der Waals surface area (Å²) in [6.07, 6.45) is 0. The van der Waals surface area contributed by atoms with Gasteiger partial charge in [-0.15, -0.1) is 0 Å². The van der Waals surface area contributed by atoms with Crippen molar-refractivity contribution >= 4 is 29.1 Å². The molecule has 1 heterocycles. The van der Waals surface area contributed by atoms with Crippen LogP contribution in [0.4, 0.5) is 5.69 Å². The zero-order chi connectivity index (χ0) is 19.4. The van der Waals surface area contributed by atoms with Gasteiger partial charge in [0.05, 0.1) is 10.6 Å². The van der Waals surface area contributed by atoms with Crippen molar-refractivity contribution in [3.8, 4) is 11.5 Å². The molecular formula is C20H21ClN2O4. The van der Waals surface area contributed by atoms with E-state index >= 15 is 0 Å². The highest BCUT2D eigenvalue weighted by molar-refractivity contribution is 6.34. The van der Waals surface area contributed by atoms with Crippen LogP contribution in [0.25, 0.3) is 0 Å². The third-order valence-corrected chi connectivity index (χ3v) is 4.63. The second-order valence-electron chi connectivity index (χ2n) is 5.98. The number of ether oxygens (including phenoxy) is 2. The highest BCUT2D eigenvalue weighted by atomic mass is 35.5. The first-order chi connectivity index (χ1) is 13.0. The number of carbonyl (C=O) groups is 2. The maximum Gasteiger partial charge on any atom is 0.255 e. The molecule has 0 spiro atoms. The van der Waals surface area contributed by atoms with Gasteiger partial charge in [-0.1, -0.05) is 11.6 Å². The minimum absolute atomic E-state index is 0.130. The Morgan fingerprint density at radius 2 is 1.74 bits per heavy atom. The molecule has 0 unspecified atom stereocenters. The molecule has 0 saturated heterocycles. The third kappa shape index (κ3) is 4.17. The van der Waals surface area contributed by atoms with Gasteiger partial charge in [-0.25, -0.2) is 0 Å². The van der Waals surface area contributed by atoms with Crippen molar-refractivity contribution in [1.29, 1.82) is 0 Å². The van der Waals surface area contributed by atoms with Crippen LogP contribution in [-0.2, 0) is 0 Å². The average molecular weight is 389 g/mol. The van der Waals surface area contributed by atoms with Crippen LogP contribution in [0, 0.1) is 0 Å². The first kappa shape index (κ1) is 19.0. The second-order valence-corrected chi connectivity index (χ2v) is 6.39. The van der Waals surface area contributed by atoms with Crippen molar-refractivity contribution in [3.05, 3.63) is 52.5 Å². The van der Waals surface area contributed by atoms with E-state index in [1.54, 1.807) is 41.3 Å². The van der Waals surface area contributed by atoms with Gasteiger partial charge < -0.3 is 19.7 Å². The zero-order valence-electron chi connectivity index (χ0n) is 15.3. The first-order valence-electron chi connectivity index (χ1n) is 8.83. The molecule has 2 amide bonds. The molecule has 0 radical (unpaired) electrons. The fourth-order valence-electron chi connectivity index (χ4n) is 2.84. The Morgan fingerprint density at radius 1 is 1.04 bits per heavy atom. The molecular weight excluding hydrogens is 368 g/mol. The second kappa shape index (κ2) is 8.31. The largest absolute Gasteiger partial charge is 0.486 e. The van der Waals surface area contributed by atoms with Gasteiger partial charge in [0.25, 0.3) is 11.8 Å². The predicted molar refractivity (Wildman–Crippen MR) is 104 cm³/mol. The van der Waals surface area contributed by atoms with E-state index in [4.69, 9.17) is 21.1 Å². The Labute approximate surface area is 163 Å². The molecule has 0 aliphatic carbocycles. The number of carbonyl (C=O) groups excluding carboxylic acids is 2. The van der Waals surface area contributed by atoms with Crippen LogP contribution < -0.4 is 14.8 Å². The van der Waals surface area contributed by atoms with E-state index in [9.17, 15) is 9.59 Å². The van der Waals surface area contributed by atoms with Crippen molar-refractivity contribution in [3.63, 3.8) is 0 Å². The van der Waals surface area contributed by atoms with Gasteiger partial charge in [-0.05, 0) is 50.2 Å². The molecule has 7 heteroatoms. The molecule has 3 rings (SSSR count). The van der Waals surface area contributed by atoms with E-state index in [0.29, 0.717) is 59.6 Å². The average Bonchev–Trinajstić information content (AvgIpc) is 2.68. The number of amides is 2. The number of hydrogen-bond acceptors (Lipinski definition) is 4. The van der Waals surface area contributed by atoms with E-state index in [-0.39, 0.29) is 11.8 Å². The number of hydrogen-bond donors (Lipinski definition) is 1. The van der Waals surface area contributed by atoms with Crippen molar-refractivity contribution in [2.45, 2.75) is 13.8 Å². The molecule has 27 heavy (non-hydrogen) atoms. The number of rotatable bonds is 5. The van der Waals surface area contributed by atoms with Crippen LogP contribution in [0.15, 0.2) is 36.4 Å². The van der Waals surface area contributed by atoms with E-state index in [1.807, 2.05) is 13.8 Å². The lowest BCUT2D eigenvalue weighted by molar-refractivity contribution is 0.0773. The van der Waals surface area contributed by atoms with Crippen LogP contribution >= 0.6 is 11.6 Å². The Bertz CT molecular complexity index is 865. The van der Waals surface area contributed by atoms with Crippen molar-refractivity contribution in [2.24, 2.45) is 0 Å². The minimum atomic E-state index is -0.300. The van der Waals surface area contributed by atoms with Gasteiger partial charge in [0.2, 0.25) is 0 Å². The number of halogens is 1. The molecule has 0 aromatic heterocycles. The number of anilines is 1. The summed E-state index contributed by atoms with van der Waals surface area (Å²) in [4.78, 5) is 26.6. The maximum absolute atomic E-state index is 12.5. The van der Waals surface area contributed by atoms with Crippen LogP contribution in [0.3, 0.4) is 0 Å². The Hall–Kier alpha value is -2.73. The molecule has 2 aromatic carbocycles. The summed E-state index contributed by atoms with van der Waals surface area (Å²) in [5.74, 6) is 0.743. The fraction of sp³-hybridized carbons (Fsp3) is 0.300. The van der Waals surface area contributed by atoms with Crippen LogP contribution in [0.5, 0.6) is 11.5 Å². The summed E-state index contributed by atoms with van der Waals surface area (Å²) in [5, 5.41) is 3.08. The SMILES string of the molecule is CCN(CC)C(=O)c1ccc(NC(=O)c2ccc3c(c2)OCCO3)cc1Cl. The normalized spacial score (nSPS) is 12.4. The topological polar surface area (TPSA) is 67.9 Å². The van der Waals surface area contributed by atoms with E-state index in [0.717, 1.165) is 0 Å². The summed E-state index contributed by atoms with van der Waals surface area (Å²) >= 11 is 6.27. The molecule has 0 atom stereocenters. The molecule has 0 saturated carbocycles. The zero-order valence-corrected chi connectivity index (χ0v) is 16.0. The molecule has 0 fully saturated rings. The summed E-state index contributed by atoms with van der Waals surface area (Å²) in [7, 11) is 0. The molecule has 2 aromatic rings. The van der Waals surface area contributed by atoms with Crippen molar-refractivity contribution in [1.82, 2.24) is 4.90 Å². The fourth-order valence-corrected chi connectivity index (χ4v) is 3.10. The lowest BCUT2D eigenvalue weighted by Crippen LogP contribution is -2.30. The van der Waals surface area contributed by atoms with Gasteiger partial charge in [0.15, 0.2) is 11.5 Å². The first-order valence-corrected chi connectivity index (χ1v) is 9.21. The Balaban J connectivity index is 1.75. The van der Waals surface area contributed by atoms with Gasteiger partial charge in [0.1, 0.15) is 13.2 Å². The number of nitrogens with zero attached hydrogens (tertiary/aromatic N) is 1. The van der Waals surface area contributed by atoms with E-state index in [1.165, 1.54) is 0 Å². The Morgan fingerprint density at radius 3 is 2.41 bits per heavy atom. The summed E-state index contributed by atoms with van der Waals surface area (Å²) in [6.45, 7) is 5.99. The molecule has 1 aliphatic heterocycles. The van der Waals surface area contributed by atoms with Gasteiger partial charge in [-0.3, -0.25) is 9.59 Å².